The van der Waals surface area contributed by atoms with Crippen LogP contribution in [0.5, 0.6) is 0 Å². The maximum Gasteiger partial charge on any atom is 0.128 e. The van der Waals surface area contributed by atoms with Crippen molar-refractivity contribution in [2.24, 2.45) is 5.92 Å². The second-order valence-electron chi connectivity index (χ2n) is 7.13. The van der Waals surface area contributed by atoms with E-state index >= 15 is 0 Å². The molecular weight excluding hydrogens is 303 g/mol. The summed E-state index contributed by atoms with van der Waals surface area (Å²) in [5.74, 6) is 0.490. The monoisotopic (exact) mass is 333 g/mol. The lowest BCUT2D eigenvalue weighted by Crippen LogP contribution is -3.12. The molecule has 0 fully saturated rings. The van der Waals surface area contributed by atoms with Crippen LogP contribution in [0.3, 0.4) is 0 Å². The first kappa shape index (κ1) is 18.7. The largest absolute Gasteiger partial charge is 0.388 e. The van der Waals surface area contributed by atoms with E-state index in [4.69, 9.17) is 0 Å². The highest BCUT2D eigenvalue weighted by Gasteiger charge is 2.16. The number of aliphatic hydroxyl groups is 1. The Morgan fingerprint density at radius 1 is 1.12 bits per heavy atom. The van der Waals surface area contributed by atoms with Crippen molar-refractivity contribution >= 4 is 0 Å². The summed E-state index contributed by atoms with van der Waals surface area (Å²) in [5, 5.41) is 9.78. The Labute approximate surface area is 144 Å². The van der Waals surface area contributed by atoms with Crippen molar-refractivity contribution in [1.29, 1.82) is 0 Å². The quantitative estimate of drug-likeness (QED) is 0.725. The molecule has 2 rings (SSSR count). The molecule has 0 aliphatic carbocycles. The average molecular weight is 333 g/mol. The molecule has 0 aliphatic rings. The molecule has 0 bridgehead atoms. The van der Waals surface area contributed by atoms with Crippen LogP contribution in [-0.4, -0.2) is 28.9 Å². The number of nitrogens with zero attached hydrogens (tertiary/aromatic N) is 1. The Morgan fingerprint density at radius 2 is 1.88 bits per heavy atom. The van der Waals surface area contributed by atoms with Crippen molar-refractivity contribution in [1.82, 2.24) is 4.57 Å². The molecule has 0 radical (unpaired) electrons. The van der Waals surface area contributed by atoms with E-state index in [1.54, 1.807) is 6.07 Å². The Hall–Kier alpha value is -1.65. The van der Waals surface area contributed by atoms with Gasteiger partial charge in [-0.1, -0.05) is 32.0 Å². The normalized spacial score (nSPS) is 14.1. The highest BCUT2D eigenvalue weighted by atomic mass is 19.1. The van der Waals surface area contributed by atoms with Gasteiger partial charge in [0.1, 0.15) is 25.0 Å². The van der Waals surface area contributed by atoms with E-state index in [0.717, 1.165) is 26.1 Å². The Morgan fingerprint density at radius 3 is 2.54 bits per heavy atom. The molecule has 0 aliphatic heterocycles. The van der Waals surface area contributed by atoms with Crippen LogP contribution in [0.25, 0.3) is 0 Å². The Balaban J connectivity index is 2.08. The minimum absolute atomic E-state index is 0.162. The van der Waals surface area contributed by atoms with Crippen molar-refractivity contribution in [2.75, 3.05) is 13.1 Å². The number of benzene rings is 1. The van der Waals surface area contributed by atoms with Crippen molar-refractivity contribution < 1.29 is 14.4 Å². The number of aromatic nitrogens is 1. The summed E-state index contributed by atoms with van der Waals surface area (Å²) >= 11 is 0. The number of halogens is 1. The van der Waals surface area contributed by atoms with E-state index in [2.05, 4.69) is 24.5 Å². The Bertz CT molecular complexity index is 622. The van der Waals surface area contributed by atoms with Gasteiger partial charge < -0.3 is 14.6 Å². The molecule has 0 saturated carbocycles. The van der Waals surface area contributed by atoms with Crippen LogP contribution in [0, 0.1) is 11.7 Å². The van der Waals surface area contributed by atoms with Crippen molar-refractivity contribution in [3.8, 4) is 0 Å². The van der Waals surface area contributed by atoms with Crippen LogP contribution in [0.2, 0.25) is 0 Å². The first-order valence-electron chi connectivity index (χ1n) is 8.84. The van der Waals surface area contributed by atoms with E-state index in [-0.39, 0.29) is 11.9 Å². The molecular formula is C20H30FN2O+. The van der Waals surface area contributed by atoms with Gasteiger partial charge in [0.05, 0.1) is 18.8 Å². The van der Waals surface area contributed by atoms with Gasteiger partial charge in [0.2, 0.25) is 0 Å². The van der Waals surface area contributed by atoms with Crippen LogP contribution in [0.4, 0.5) is 4.39 Å². The second-order valence-corrected chi connectivity index (χ2v) is 7.13. The molecule has 2 atom stereocenters. The molecule has 2 N–H and O–H groups in total. The summed E-state index contributed by atoms with van der Waals surface area (Å²) in [7, 11) is 0. The van der Waals surface area contributed by atoms with E-state index in [0.29, 0.717) is 18.0 Å². The van der Waals surface area contributed by atoms with Gasteiger partial charge in [-0.2, -0.15) is 0 Å². The van der Waals surface area contributed by atoms with Crippen LogP contribution in [0.15, 0.2) is 42.6 Å². The summed E-state index contributed by atoms with van der Waals surface area (Å²) in [6, 6.07) is 11.0. The highest BCUT2D eigenvalue weighted by molar-refractivity contribution is 5.19. The first-order chi connectivity index (χ1) is 11.5. The molecule has 24 heavy (non-hydrogen) atoms. The number of aliphatic hydroxyl groups excluding tert-OH is 1. The fraction of sp³-hybridized carbons (Fsp3) is 0.500. The summed E-state index contributed by atoms with van der Waals surface area (Å²) in [5.41, 5.74) is 1.88. The zero-order valence-electron chi connectivity index (χ0n) is 15.0. The third-order valence-electron chi connectivity index (χ3n) is 4.31. The first-order valence-corrected chi connectivity index (χ1v) is 8.84. The number of hydrogen-bond donors (Lipinski definition) is 2. The number of nitrogens with one attached hydrogen (secondary N) is 1. The van der Waals surface area contributed by atoms with E-state index in [1.807, 2.05) is 31.3 Å². The molecule has 4 heteroatoms. The van der Waals surface area contributed by atoms with Gasteiger partial charge >= 0.3 is 0 Å². The van der Waals surface area contributed by atoms with E-state index in [1.165, 1.54) is 16.7 Å². The molecule has 2 aromatic rings. The lowest BCUT2D eigenvalue weighted by molar-refractivity contribution is -0.917. The lowest BCUT2D eigenvalue weighted by Gasteiger charge is -2.22. The van der Waals surface area contributed by atoms with Gasteiger partial charge in [0.15, 0.2) is 0 Å². The van der Waals surface area contributed by atoms with Gasteiger partial charge in [0, 0.05) is 11.8 Å². The molecule has 1 aromatic heterocycles. The number of quaternary nitrogens is 1. The van der Waals surface area contributed by atoms with Gasteiger partial charge in [-0.15, -0.1) is 0 Å². The predicted octanol–water partition coefficient (Wildman–Crippen LogP) is 2.49. The van der Waals surface area contributed by atoms with Crippen molar-refractivity contribution in [3.63, 3.8) is 0 Å². The Kier molecular flexibility index (Phi) is 7.00. The van der Waals surface area contributed by atoms with Gasteiger partial charge in [-0.05, 0) is 37.5 Å². The summed E-state index contributed by atoms with van der Waals surface area (Å²) < 4.78 is 16.0. The van der Waals surface area contributed by atoms with E-state index in [9.17, 15) is 9.50 Å². The zero-order chi connectivity index (χ0) is 17.5. The molecule has 0 spiro atoms. The molecule has 132 valence electrons. The topological polar surface area (TPSA) is 29.6 Å². The predicted molar refractivity (Wildman–Crippen MR) is 95.5 cm³/mol. The number of rotatable bonds is 9. The highest BCUT2D eigenvalue weighted by Crippen LogP contribution is 2.11. The van der Waals surface area contributed by atoms with Crippen LogP contribution in [-0.2, 0) is 13.1 Å². The van der Waals surface area contributed by atoms with Crippen LogP contribution >= 0.6 is 0 Å². The third kappa shape index (κ3) is 5.77. The average Bonchev–Trinajstić information content (AvgIpc) is 2.93. The maximum absolute atomic E-state index is 13.9. The fourth-order valence-corrected chi connectivity index (χ4v) is 3.00. The SMILES string of the molecule is CC(C)CC[NH+](Cc1cccn1Cc1ccccc1F)C[C@@H](C)O. The summed E-state index contributed by atoms with van der Waals surface area (Å²) in [6.07, 6.45) is 2.82. The smallest absolute Gasteiger partial charge is 0.128 e. The molecule has 0 amide bonds. The molecule has 1 aromatic carbocycles. The third-order valence-corrected chi connectivity index (χ3v) is 4.31. The summed E-state index contributed by atoms with van der Waals surface area (Å²) in [4.78, 5) is 1.37. The molecule has 1 unspecified atom stereocenters. The van der Waals surface area contributed by atoms with Crippen molar-refractivity contribution in [2.45, 2.75) is 46.4 Å². The molecule has 3 nitrogen and oxygen atoms in total. The molecule has 1 heterocycles. The van der Waals surface area contributed by atoms with Gasteiger partial charge in [-0.25, -0.2) is 4.39 Å². The van der Waals surface area contributed by atoms with Crippen LogP contribution in [0.1, 0.15) is 38.4 Å². The minimum Gasteiger partial charge on any atom is -0.388 e. The van der Waals surface area contributed by atoms with Crippen LogP contribution < -0.4 is 4.90 Å². The van der Waals surface area contributed by atoms with Gasteiger partial charge in [0.25, 0.3) is 0 Å². The summed E-state index contributed by atoms with van der Waals surface area (Å²) in [6.45, 7) is 9.45. The minimum atomic E-state index is -0.317. The molecule has 0 saturated heterocycles. The number of hydrogen-bond acceptors (Lipinski definition) is 1. The van der Waals surface area contributed by atoms with E-state index < -0.39 is 0 Å². The van der Waals surface area contributed by atoms with Gasteiger partial charge in [-0.3, -0.25) is 0 Å². The zero-order valence-corrected chi connectivity index (χ0v) is 15.0. The van der Waals surface area contributed by atoms with Crippen molar-refractivity contribution in [3.05, 3.63) is 59.7 Å². The maximum atomic E-state index is 13.9. The lowest BCUT2D eigenvalue weighted by atomic mass is 10.1. The standard InChI is InChI=1S/C20H29FN2O/c1-16(2)10-12-22(13-17(3)24)15-19-8-6-11-23(19)14-18-7-4-5-9-20(18)21/h4-9,11,16-17,24H,10,12-15H2,1-3H3/p+1/t17-/m1/s1. The second kappa shape index (κ2) is 9.00. The fourth-order valence-electron chi connectivity index (χ4n) is 3.00.